The van der Waals surface area contributed by atoms with Gasteiger partial charge in [0.25, 0.3) is 0 Å². The van der Waals surface area contributed by atoms with Crippen LogP contribution in [0.25, 0.3) is 0 Å². The average molecular weight is 192 g/mol. The van der Waals surface area contributed by atoms with Gasteiger partial charge >= 0.3 is 0 Å². The molecule has 14 heavy (non-hydrogen) atoms. The Labute approximate surface area is 89.1 Å². The second-order valence-corrected chi connectivity index (χ2v) is 6.48. The normalized spacial score (nSPS) is 23.6. The van der Waals surface area contributed by atoms with Crippen molar-refractivity contribution in [3.63, 3.8) is 0 Å². The predicted molar refractivity (Wildman–Crippen MR) is 64.2 cm³/mol. The van der Waals surface area contributed by atoms with Crippen LogP contribution in [0.3, 0.4) is 0 Å². The number of hydrogen-bond donors (Lipinski definition) is 0. The Balaban J connectivity index is 2.72. The molecule has 0 saturated carbocycles. The number of allylic oxidation sites excluding steroid dienone is 4. The van der Waals surface area contributed by atoms with E-state index in [1.165, 1.54) is 12.0 Å². The van der Waals surface area contributed by atoms with Gasteiger partial charge in [0, 0.05) is 0 Å². The minimum Gasteiger partial charge on any atom is -0.0803 e. The van der Waals surface area contributed by atoms with Gasteiger partial charge in [-0.2, -0.15) is 0 Å². The van der Waals surface area contributed by atoms with Crippen LogP contribution in [0.2, 0.25) is 0 Å². The topological polar surface area (TPSA) is 0 Å². The highest BCUT2D eigenvalue weighted by molar-refractivity contribution is 5.29. The van der Waals surface area contributed by atoms with Crippen LogP contribution in [-0.2, 0) is 0 Å². The molecule has 1 unspecified atom stereocenters. The average Bonchev–Trinajstić information content (AvgIpc) is 2.01. The van der Waals surface area contributed by atoms with Gasteiger partial charge in [-0.05, 0) is 28.7 Å². The smallest absolute Gasteiger partial charge is 0.0135 e. The maximum absolute atomic E-state index is 2.41. The van der Waals surface area contributed by atoms with Gasteiger partial charge < -0.3 is 0 Å². The second kappa shape index (κ2) is 3.56. The highest BCUT2D eigenvalue weighted by Crippen LogP contribution is 2.37. The molecule has 1 aliphatic carbocycles. The Morgan fingerprint density at radius 1 is 1.07 bits per heavy atom. The van der Waals surface area contributed by atoms with Crippen molar-refractivity contribution in [1.29, 1.82) is 0 Å². The van der Waals surface area contributed by atoms with Crippen LogP contribution < -0.4 is 0 Å². The summed E-state index contributed by atoms with van der Waals surface area (Å²) in [6.45, 7) is 13.8. The summed E-state index contributed by atoms with van der Waals surface area (Å²) in [6.07, 6.45) is 8.32. The molecule has 0 heteroatoms. The van der Waals surface area contributed by atoms with Crippen LogP contribution in [0.1, 0.15) is 48.0 Å². The van der Waals surface area contributed by atoms with Crippen LogP contribution in [0.4, 0.5) is 0 Å². The minimum atomic E-state index is 0.305. The van der Waals surface area contributed by atoms with E-state index in [1.54, 1.807) is 0 Å². The van der Waals surface area contributed by atoms with Crippen LogP contribution in [-0.4, -0.2) is 0 Å². The molecule has 80 valence electrons. The van der Waals surface area contributed by atoms with E-state index in [4.69, 9.17) is 0 Å². The molecule has 0 aromatic carbocycles. The van der Waals surface area contributed by atoms with Crippen LogP contribution in [0.5, 0.6) is 0 Å². The van der Waals surface area contributed by atoms with Crippen molar-refractivity contribution in [2.45, 2.75) is 48.0 Å². The zero-order valence-electron chi connectivity index (χ0n) is 10.5. The standard InChI is InChI=1S/C14H24/c1-13(2,3)11-7-9-12(10-8-11)14(4,5)6/h7-9,12H,10H2,1-6H3. The Kier molecular flexibility index (Phi) is 2.94. The molecule has 0 aromatic rings. The fraction of sp³-hybridized carbons (Fsp3) is 0.714. The molecule has 0 radical (unpaired) electrons. The molecule has 0 fully saturated rings. The lowest BCUT2D eigenvalue weighted by Gasteiger charge is -2.32. The van der Waals surface area contributed by atoms with Crippen LogP contribution in [0, 0.1) is 16.7 Å². The highest BCUT2D eigenvalue weighted by atomic mass is 14.3. The van der Waals surface area contributed by atoms with E-state index < -0.39 is 0 Å². The molecule has 0 nitrogen and oxygen atoms in total. The maximum Gasteiger partial charge on any atom is -0.0135 e. The molecule has 0 aromatic heterocycles. The SMILES string of the molecule is CC(C)(C)C1=CCC(C(C)(C)C)C=C1. The Morgan fingerprint density at radius 2 is 1.64 bits per heavy atom. The molecule has 1 rings (SSSR count). The summed E-state index contributed by atoms with van der Waals surface area (Å²) >= 11 is 0. The monoisotopic (exact) mass is 192 g/mol. The molecular formula is C14H24. The van der Waals surface area contributed by atoms with Gasteiger partial charge in [0.1, 0.15) is 0 Å². The quantitative estimate of drug-likeness (QED) is 0.527. The van der Waals surface area contributed by atoms with Crippen molar-refractivity contribution in [2.75, 3.05) is 0 Å². The largest absolute Gasteiger partial charge is 0.0803 e. The third kappa shape index (κ3) is 2.73. The first-order chi connectivity index (χ1) is 6.21. The van der Waals surface area contributed by atoms with Crippen molar-refractivity contribution in [2.24, 2.45) is 16.7 Å². The van der Waals surface area contributed by atoms with E-state index in [-0.39, 0.29) is 0 Å². The summed E-state index contributed by atoms with van der Waals surface area (Å²) in [5, 5.41) is 0. The van der Waals surface area contributed by atoms with E-state index in [9.17, 15) is 0 Å². The number of hydrogen-bond acceptors (Lipinski definition) is 0. The lowest BCUT2D eigenvalue weighted by Crippen LogP contribution is -2.21. The Bertz CT molecular complexity index is 253. The summed E-state index contributed by atoms with van der Waals surface area (Å²) in [4.78, 5) is 0. The minimum absolute atomic E-state index is 0.305. The van der Waals surface area contributed by atoms with E-state index in [1.807, 2.05) is 0 Å². The molecule has 0 bridgehead atoms. The predicted octanol–water partition coefficient (Wildman–Crippen LogP) is 4.58. The van der Waals surface area contributed by atoms with Gasteiger partial charge in [-0.25, -0.2) is 0 Å². The van der Waals surface area contributed by atoms with Crippen LogP contribution in [0.15, 0.2) is 23.8 Å². The molecular weight excluding hydrogens is 168 g/mol. The third-order valence-corrected chi connectivity index (χ3v) is 3.08. The summed E-state index contributed by atoms with van der Waals surface area (Å²) in [5.74, 6) is 0.702. The number of rotatable bonds is 0. The maximum atomic E-state index is 2.41. The lowest BCUT2D eigenvalue weighted by atomic mass is 9.73. The highest BCUT2D eigenvalue weighted by Gasteiger charge is 2.25. The van der Waals surface area contributed by atoms with E-state index in [2.05, 4.69) is 59.8 Å². The van der Waals surface area contributed by atoms with Gasteiger partial charge in [0.2, 0.25) is 0 Å². The molecule has 1 atom stereocenters. The molecule has 0 spiro atoms. The summed E-state index contributed by atoms with van der Waals surface area (Å²) in [6, 6.07) is 0. The second-order valence-electron chi connectivity index (χ2n) is 6.48. The van der Waals surface area contributed by atoms with Crippen molar-refractivity contribution in [3.8, 4) is 0 Å². The van der Waals surface area contributed by atoms with Crippen molar-refractivity contribution in [1.82, 2.24) is 0 Å². The zero-order valence-corrected chi connectivity index (χ0v) is 10.5. The van der Waals surface area contributed by atoms with E-state index in [0.29, 0.717) is 16.7 Å². The van der Waals surface area contributed by atoms with Gasteiger partial charge in [-0.3, -0.25) is 0 Å². The molecule has 0 heterocycles. The first-order valence-electron chi connectivity index (χ1n) is 5.60. The van der Waals surface area contributed by atoms with Gasteiger partial charge in [0.15, 0.2) is 0 Å². The zero-order chi connectivity index (χ0) is 11.0. The summed E-state index contributed by atoms with van der Waals surface area (Å²) in [7, 11) is 0. The summed E-state index contributed by atoms with van der Waals surface area (Å²) < 4.78 is 0. The first kappa shape index (κ1) is 11.6. The van der Waals surface area contributed by atoms with Crippen molar-refractivity contribution >= 4 is 0 Å². The van der Waals surface area contributed by atoms with Gasteiger partial charge in [-0.15, -0.1) is 0 Å². The van der Waals surface area contributed by atoms with E-state index >= 15 is 0 Å². The third-order valence-electron chi connectivity index (χ3n) is 3.08. The van der Waals surface area contributed by atoms with Gasteiger partial charge in [0.05, 0.1) is 0 Å². The fourth-order valence-corrected chi connectivity index (χ4v) is 1.82. The van der Waals surface area contributed by atoms with E-state index in [0.717, 1.165) is 0 Å². The molecule has 0 amide bonds. The molecule has 0 N–H and O–H groups in total. The molecule has 0 aliphatic heterocycles. The lowest BCUT2D eigenvalue weighted by molar-refractivity contribution is 0.291. The Morgan fingerprint density at radius 3 is 1.93 bits per heavy atom. The van der Waals surface area contributed by atoms with Crippen molar-refractivity contribution < 1.29 is 0 Å². The fourth-order valence-electron chi connectivity index (χ4n) is 1.82. The summed E-state index contributed by atoms with van der Waals surface area (Å²) in [5.41, 5.74) is 2.19. The Hall–Kier alpha value is -0.520. The van der Waals surface area contributed by atoms with Crippen molar-refractivity contribution in [3.05, 3.63) is 23.8 Å². The van der Waals surface area contributed by atoms with Crippen LogP contribution >= 0.6 is 0 Å². The first-order valence-corrected chi connectivity index (χ1v) is 5.60. The van der Waals surface area contributed by atoms with Gasteiger partial charge in [-0.1, -0.05) is 59.8 Å². The molecule has 1 aliphatic rings. The molecule has 0 saturated heterocycles.